The molecule has 1 fully saturated rings. The van der Waals surface area contributed by atoms with Crippen LogP contribution in [0.15, 0.2) is 11.1 Å². The van der Waals surface area contributed by atoms with Crippen molar-refractivity contribution in [3.63, 3.8) is 0 Å². The van der Waals surface area contributed by atoms with Crippen molar-refractivity contribution in [3.8, 4) is 0 Å². The lowest BCUT2D eigenvalue weighted by Crippen LogP contribution is -2.46. The van der Waals surface area contributed by atoms with Crippen molar-refractivity contribution in [2.24, 2.45) is 0 Å². The molecule has 11 heavy (non-hydrogen) atoms. The fraction of sp³-hybridized carbons (Fsp3) is 0.750. The molecule has 1 rings (SSSR count). The number of rotatable bonds is 4. The lowest BCUT2D eigenvalue weighted by atomic mass is 9.80. The van der Waals surface area contributed by atoms with Crippen LogP contribution < -0.4 is 5.32 Å². The van der Waals surface area contributed by atoms with Gasteiger partial charge in [-0.2, -0.15) is 0 Å². The maximum atomic E-state index is 9.62. The minimum Gasteiger partial charge on any atom is -0.389 e. The molecular weight excluding hydrogens is 206 g/mol. The van der Waals surface area contributed by atoms with Gasteiger partial charge in [-0.3, -0.25) is 0 Å². The summed E-state index contributed by atoms with van der Waals surface area (Å²) in [6.07, 6.45) is 3.04. The number of nitrogens with one attached hydrogen (secondary N) is 1. The quantitative estimate of drug-likeness (QED) is 0.750. The summed E-state index contributed by atoms with van der Waals surface area (Å²) >= 11 is 3.24. The summed E-state index contributed by atoms with van der Waals surface area (Å²) in [5, 5.41) is 12.7. The van der Waals surface area contributed by atoms with E-state index in [2.05, 4.69) is 27.8 Å². The molecule has 1 aliphatic carbocycles. The molecule has 0 radical (unpaired) electrons. The number of hydrogen-bond donors (Lipinski definition) is 2. The lowest BCUT2D eigenvalue weighted by Gasteiger charge is -2.36. The average Bonchev–Trinajstić information content (AvgIpc) is 1.83. The highest BCUT2D eigenvalue weighted by atomic mass is 79.9. The van der Waals surface area contributed by atoms with Gasteiger partial charge in [0, 0.05) is 17.6 Å². The fourth-order valence-electron chi connectivity index (χ4n) is 1.19. The topological polar surface area (TPSA) is 32.3 Å². The molecule has 0 amide bonds. The second-order valence-electron chi connectivity index (χ2n) is 3.20. The molecule has 0 saturated heterocycles. The minimum absolute atomic E-state index is 0.414. The molecule has 3 heteroatoms. The minimum atomic E-state index is -0.414. The van der Waals surface area contributed by atoms with E-state index in [1.54, 1.807) is 0 Å². The fourth-order valence-corrected chi connectivity index (χ4v) is 1.39. The van der Waals surface area contributed by atoms with Crippen LogP contribution >= 0.6 is 15.9 Å². The zero-order chi connectivity index (χ0) is 8.32. The van der Waals surface area contributed by atoms with Crippen molar-refractivity contribution in [2.75, 3.05) is 13.1 Å². The second kappa shape index (κ2) is 3.70. The zero-order valence-electron chi connectivity index (χ0n) is 6.57. The van der Waals surface area contributed by atoms with Crippen LogP contribution in [0.4, 0.5) is 0 Å². The highest BCUT2D eigenvalue weighted by molar-refractivity contribution is 9.11. The Morgan fingerprint density at radius 3 is 2.64 bits per heavy atom. The van der Waals surface area contributed by atoms with Crippen LogP contribution in [0.25, 0.3) is 0 Å². The summed E-state index contributed by atoms with van der Waals surface area (Å²) in [4.78, 5) is 0. The highest BCUT2D eigenvalue weighted by Crippen LogP contribution is 2.30. The molecule has 2 N–H and O–H groups in total. The van der Waals surface area contributed by atoms with E-state index in [0.717, 1.165) is 30.3 Å². The molecule has 0 heterocycles. The van der Waals surface area contributed by atoms with Crippen molar-refractivity contribution in [3.05, 3.63) is 11.1 Å². The molecular formula is C8H14BrNO. The standard InChI is InChI=1S/C8H14BrNO/c1-7(9)5-10-6-8(11)3-2-4-8/h10-11H,1-6H2. The monoisotopic (exact) mass is 219 g/mol. The average molecular weight is 220 g/mol. The Morgan fingerprint density at radius 2 is 2.27 bits per heavy atom. The van der Waals surface area contributed by atoms with E-state index >= 15 is 0 Å². The Bertz CT molecular complexity index is 154. The third-order valence-corrected chi connectivity index (χ3v) is 2.34. The van der Waals surface area contributed by atoms with Crippen molar-refractivity contribution < 1.29 is 5.11 Å². The third-order valence-electron chi connectivity index (χ3n) is 2.06. The predicted octanol–water partition coefficient (Wildman–Crippen LogP) is 1.40. The van der Waals surface area contributed by atoms with E-state index in [0.29, 0.717) is 6.54 Å². The van der Waals surface area contributed by atoms with Gasteiger partial charge >= 0.3 is 0 Å². The first-order chi connectivity index (χ1) is 5.12. The van der Waals surface area contributed by atoms with Gasteiger partial charge in [0.2, 0.25) is 0 Å². The Kier molecular flexibility index (Phi) is 3.10. The molecule has 1 aliphatic rings. The van der Waals surface area contributed by atoms with Crippen LogP contribution in [-0.2, 0) is 0 Å². The summed E-state index contributed by atoms with van der Waals surface area (Å²) in [6, 6.07) is 0. The summed E-state index contributed by atoms with van der Waals surface area (Å²) in [5.41, 5.74) is -0.414. The Labute approximate surface area is 75.8 Å². The van der Waals surface area contributed by atoms with Crippen molar-refractivity contribution in [1.29, 1.82) is 0 Å². The molecule has 64 valence electrons. The van der Waals surface area contributed by atoms with Gasteiger partial charge in [0.05, 0.1) is 5.60 Å². The van der Waals surface area contributed by atoms with E-state index < -0.39 is 5.60 Å². The SMILES string of the molecule is C=C(Br)CNCC1(O)CCC1. The Balaban J connectivity index is 2.07. The van der Waals surface area contributed by atoms with E-state index in [4.69, 9.17) is 0 Å². The van der Waals surface area contributed by atoms with Gasteiger partial charge in [0.25, 0.3) is 0 Å². The van der Waals surface area contributed by atoms with Crippen molar-refractivity contribution >= 4 is 15.9 Å². The molecule has 0 aliphatic heterocycles. The molecule has 1 saturated carbocycles. The maximum Gasteiger partial charge on any atom is 0.0771 e. The van der Waals surface area contributed by atoms with Gasteiger partial charge in [-0.15, -0.1) is 0 Å². The third kappa shape index (κ3) is 2.93. The maximum absolute atomic E-state index is 9.62. The van der Waals surface area contributed by atoms with Crippen LogP contribution in [0.3, 0.4) is 0 Å². The summed E-state index contributed by atoms with van der Waals surface area (Å²) in [5.74, 6) is 0. The second-order valence-corrected chi connectivity index (χ2v) is 4.32. The molecule has 0 spiro atoms. The Morgan fingerprint density at radius 1 is 1.64 bits per heavy atom. The van der Waals surface area contributed by atoms with E-state index in [-0.39, 0.29) is 0 Å². The first-order valence-corrected chi connectivity index (χ1v) is 4.68. The molecule has 0 atom stereocenters. The van der Waals surface area contributed by atoms with Crippen LogP contribution in [0.2, 0.25) is 0 Å². The van der Waals surface area contributed by atoms with Crippen molar-refractivity contribution in [2.45, 2.75) is 24.9 Å². The summed E-state index contributed by atoms with van der Waals surface area (Å²) in [6.45, 7) is 5.12. The first-order valence-electron chi connectivity index (χ1n) is 3.89. The van der Waals surface area contributed by atoms with Gasteiger partial charge < -0.3 is 10.4 Å². The van der Waals surface area contributed by atoms with E-state index in [9.17, 15) is 5.11 Å². The largest absolute Gasteiger partial charge is 0.389 e. The van der Waals surface area contributed by atoms with E-state index in [1.807, 2.05) is 0 Å². The summed E-state index contributed by atoms with van der Waals surface area (Å²) < 4.78 is 0.931. The van der Waals surface area contributed by atoms with Gasteiger partial charge in [-0.25, -0.2) is 0 Å². The molecule has 0 aromatic carbocycles. The first kappa shape index (κ1) is 9.23. The summed E-state index contributed by atoms with van der Waals surface area (Å²) in [7, 11) is 0. The normalized spacial score (nSPS) is 20.9. The van der Waals surface area contributed by atoms with Crippen LogP contribution in [0, 0.1) is 0 Å². The Hall–Kier alpha value is 0.140. The lowest BCUT2D eigenvalue weighted by molar-refractivity contribution is -0.0305. The van der Waals surface area contributed by atoms with Gasteiger partial charge in [0.1, 0.15) is 0 Å². The van der Waals surface area contributed by atoms with Crippen LogP contribution in [-0.4, -0.2) is 23.8 Å². The molecule has 0 bridgehead atoms. The molecule has 2 nitrogen and oxygen atoms in total. The highest BCUT2D eigenvalue weighted by Gasteiger charge is 2.33. The van der Waals surface area contributed by atoms with Gasteiger partial charge in [0.15, 0.2) is 0 Å². The molecule has 0 unspecified atom stereocenters. The van der Waals surface area contributed by atoms with Crippen LogP contribution in [0.1, 0.15) is 19.3 Å². The smallest absolute Gasteiger partial charge is 0.0771 e. The number of aliphatic hydroxyl groups is 1. The molecule has 0 aromatic rings. The number of halogens is 1. The number of hydrogen-bond acceptors (Lipinski definition) is 2. The predicted molar refractivity (Wildman–Crippen MR) is 49.7 cm³/mol. The van der Waals surface area contributed by atoms with E-state index in [1.165, 1.54) is 0 Å². The molecule has 0 aromatic heterocycles. The van der Waals surface area contributed by atoms with Gasteiger partial charge in [-0.1, -0.05) is 22.5 Å². The van der Waals surface area contributed by atoms with Crippen molar-refractivity contribution in [1.82, 2.24) is 5.32 Å². The zero-order valence-corrected chi connectivity index (χ0v) is 8.15. The van der Waals surface area contributed by atoms with Gasteiger partial charge in [-0.05, 0) is 19.3 Å². The van der Waals surface area contributed by atoms with Crippen LogP contribution in [0.5, 0.6) is 0 Å².